The summed E-state index contributed by atoms with van der Waals surface area (Å²) in [6.07, 6.45) is 5.33. The molecule has 0 bridgehead atoms. The van der Waals surface area contributed by atoms with Crippen molar-refractivity contribution >= 4 is 50.9 Å². The summed E-state index contributed by atoms with van der Waals surface area (Å²) in [5, 5.41) is 3.91. The van der Waals surface area contributed by atoms with Crippen LogP contribution in [0.3, 0.4) is 0 Å². The highest BCUT2D eigenvalue weighted by Gasteiger charge is 2.40. The number of benzene rings is 3. The number of hydrogen-bond donors (Lipinski definition) is 1. The molecule has 5 rings (SSSR count). The summed E-state index contributed by atoms with van der Waals surface area (Å²) in [6.45, 7) is -0.0580. The Bertz CT molecular complexity index is 1630. The van der Waals surface area contributed by atoms with E-state index in [0.29, 0.717) is 22.0 Å². The van der Waals surface area contributed by atoms with Crippen LogP contribution in [0.1, 0.15) is 66.4 Å². The van der Waals surface area contributed by atoms with Crippen LogP contribution < -0.4 is 5.32 Å². The molecular weight excluding hydrogens is 621 g/mol. The molecule has 1 saturated carbocycles. The number of amides is 3. The van der Waals surface area contributed by atoms with E-state index >= 15 is 0 Å². The van der Waals surface area contributed by atoms with Crippen LogP contribution in [0.2, 0.25) is 10.0 Å². The highest BCUT2D eigenvalue weighted by atomic mass is 35.5. The third-order valence-corrected chi connectivity index (χ3v) is 10.8. The van der Waals surface area contributed by atoms with E-state index in [0.717, 1.165) is 42.0 Å². The number of nitrogens with one attached hydrogen (secondary N) is 1. The predicted molar refractivity (Wildman–Crippen MR) is 170 cm³/mol. The van der Waals surface area contributed by atoms with Gasteiger partial charge < -0.3 is 10.2 Å². The second kappa shape index (κ2) is 14.1. The zero-order valence-corrected chi connectivity index (χ0v) is 26.6. The van der Waals surface area contributed by atoms with Gasteiger partial charge in [0.15, 0.2) is 0 Å². The van der Waals surface area contributed by atoms with Gasteiger partial charge in [-0.25, -0.2) is 12.7 Å². The Morgan fingerprint density at radius 1 is 0.909 bits per heavy atom. The maximum Gasteiger partial charge on any atom is 0.269 e. The maximum atomic E-state index is 14.0. The smallest absolute Gasteiger partial charge is 0.269 e. The van der Waals surface area contributed by atoms with E-state index in [4.69, 9.17) is 23.2 Å². The third-order valence-electron chi connectivity index (χ3n) is 8.22. The average Bonchev–Trinajstić information content (AvgIpc) is 3.22. The number of fused-ring (bicyclic) bond motifs is 1. The van der Waals surface area contributed by atoms with E-state index in [1.54, 1.807) is 35.2 Å². The highest BCUT2D eigenvalue weighted by molar-refractivity contribution is 7.90. The molecular formula is C33H35Cl2N3O5S. The summed E-state index contributed by atoms with van der Waals surface area (Å²) in [7, 11) is -3.99. The Balaban J connectivity index is 1.39. The molecule has 44 heavy (non-hydrogen) atoms. The van der Waals surface area contributed by atoms with Crippen molar-refractivity contribution in [1.29, 1.82) is 0 Å². The maximum absolute atomic E-state index is 14.0. The Kier molecular flexibility index (Phi) is 10.3. The van der Waals surface area contributed by atoms with Crippen LogP contribution in [0.4, 0.5) is 0 Å². The van der Waals surface area contributed by atoms with Crippen LogP contribution in [0, 0.1) is 0 Å². The summed E-state index contributed by atoms with van der Waals surface area (Å²) in [5.74, 6) is -1.17. The van der Waals surface area contributed by atoms with Gasteiger partial charge in [0.2, 0.25) is 11.8 Å². The van der Waals surface area contributed by atoms with Gasteiger partial charge in [-0.05, 0) is 54.7 Å². The monoisotopic (exact) mass is 655 g/mol. The summed E-state index contributed by atoms with van der Waals surface area (Å²) in [4.78, 5) is 42.3. The first-order valence-corrected chi connectivity index (χ1v) is 17.1. The first kappa shape index (κ1) is 32.0. The fourth-order valence-electron chi connectivity index (χ4n) is 5.90. The molecule has 2 aliphatic rings. The lowest BCUT2D eigenvalue weighted by atomic mass is 9.94. The minimum atomic E-state index is -3.99. The van der Waals surface area contributed by atoms with E-state index < -0.39 is 22.0 Å². The van der Waals surface area contributed by atoms with Crippen LogP contribution in [0.25, 0.3) is 0 Å². The molecule has 3 aromatic rings. The number of sulfonamides is 1. The summed E-state index contributed by atoms with van der Waals surface area (Å²) in [6, 6.07) is 19.9. The van der Waals surface area contributed by atoms with Crippen molar-refractivity contribution in [2.75, 3.05) is 6.54 Å². The average molecular weight is 657 g/mol. The first-order chi connectivity index (χ1) is 21.1. The number of nitrogens with zero attached hydrogens (tertiary/aromatic N) is 2. The topological polar surface area (TPSA) is 104 Å². The van der Waals surface area contributed by atoms with Gasteiger partial charge in [0.1, 0.15) is 10.9 Å². The summed E-state index contributed by atoms with van der Waals surface area (Å²) in [5.41, 5.74) is 1.72. The zero-order valence-electron chi connectivity index (χ0n) is 24.3. The van der Waals surface area contributed by atoms with Gasteiger partial charge in [0, 0.05) is 32.0 Å². The molecule has 232 valence electrons. The largest absolute Gasteiger partial charge is 0.352 e. The number of rotatable bonds is 11. The minimum Gasteiger partial charge on any atom is -0.352 e. The molecule has 0 spiro atoms. The lowest BCUT2D eigenvalue weighted by Gasteiger charge is -2.33. The Morgan fingerprint density at radius 2 is 1.61 bits per heavy atom. The van der Waals surface area contributed by atoms with E-state index in [-0.39, 0.29) is 54.2 Å². The highest BCUT2D eigenvalue weighted by Crippen LogP contribution is 2.30. The molecule has 0 saturated heterocycles. The Morgan fingerprint density at radius 3 is 2.32 bits per heavy atom. The van der Waals surface area contributed by atoms with E-state index in [9.17, 15) is 22.8 Å². The van der Waals surface area contributed by atoms with Crippen molar-refractivity contribution in [2.24, 2.45) is 0 Å². The molecule has 11 heteroatoms. The number of carbonyl (C=O) groups is 3. The van der Waals surface area contributed by atoms with Crippen LogP contribution in [0.15, 0.2) is 77.7 Å². The summed E-state index contributed by atoms with van der Waals surface area (Å²) >= 11 is 12.5. The standard InChI is InChI=1S/C33H35Cl2N3O5S/c34-27-18-17-24(20-28(27)35)22-37(29(21-23-10-3-1-4-11-23)32(40)36-25-12-5-2-6-13-25)31(39)16-9-19-38-33(41)26-14-7-8-15-30(26)44(38,42)43/h1,3-4,7-8,10-11,14-15,17-18,20,25,29H,2,5-6,9,12-13,16,19,21-22H2,(H,36,40)/t29-/m1/s1. The molecule has 0 aromatic heterocycles. The second-order valence-corrected chi connectivity index (χ2v) is 13.9. The fourth-order valence-corrected chi connectivity index (χ4v) is 7.83. The van der Waals surface area contributed by atoms with Gasteiger partial charge in [-0.1, -0.05) is 91.0 Å². The van der Waals surface area contributed by atoms with Crippen molar-refractivity contribution in [3.05, 3.63) is 99.5 Å². The molecule has 1 atom stereocenters. The van der Waals surface area contributed by atoms with Crippen molar-refractivity contribution in [3.8, 4) is 0 Å². The predicted octanol–water partition coefficient (Wildman–Crippen LogP) is 6.01. The van der Waals surface area contributed by atoms with E-state index in [1.165, 1.54) is 12.1 Å². The van der Waals surface area contributed by atoms with Crippen LogP contribution in [-0.2, 0) is 32.6 Å². The van der Waals surface area contributed by atoms with Gasteiger partial charge in [0.25, 0.3) is 15.9 Å². The van der Waals surface area contributed by atoms with Crippen molar-refractivity contribution in [2.45, 2.75) is 74.9 Å². The van der Waals surface area contributed by atoms with Crippen LogP contribution in [0.5, 0.6) is 0 Å². The minimum absolute atomic E-state index is 0.0279. The lowest BCUT2D eigenvalue weighted by molar-refractivity contribution is -0.141. The Hall–Kier alpha value is -3.40. The first-order valence-electron chi connectivity index (χ1n) is 14.9. The van der Waals surface area contributed by atoms with E-state index in [2.05, 4.69) is 5.32 Å². The molecule has 3 amide bonds. The molecule has 1 fully saturated rings. The molecule has 1 aliphatic heterocycles. The van der Waals surface area contributed by atoms with Gasteiger partial charge in [0.05, 0.1) is 15.6 Å². The van der Waals surface area contributed by atoms with Gasteiger partial charge in [-0.2, -0.15) is 0 Å². The molecule has 3 aromatic carbocycles. The number of halogens is 2. The molecule has 1 aliphatic carbocycles. The zero-order chi connectivity index (χ0) is 31.3. The Labute approximate surface area is 268 Å². The van der Waals surface area contributed by atoms with Crippen LogP contribution >= 0.6 is 23.2 Å². The number of carbonyl (C=O) groups excluding carboxylic acids is 3. The van der Waals surface area contributed by atoms with Crippen LogP contribution in [-0.4, -0.2) is 54.0 Å². The normalized spacial score (nSPS) is 16.8. The third kappa shape index (κ3) is 7.28. The van der Waals surface area contributed by atoms with Crippen molar-refractivity contribution in [1.82, 2.24) is 14.5 Å². The fraction of sp³-hybridized carbons (Fsp3) is 0.364. The molecule has 8 nitrogen and oxygen atoms in total. The quantitative estimate of drug-likeness (QED) is 0.273. The van der Waals surface area contributed by atoms with Gasteiger partial charge in [-0.3, -0.25) is 14.4 Å². The SMILES string of the molecule is O=C(NC1CCCCC1)[C@@H](Cc1ccccc1)N(Cc1ccc(Cl)c(Cl)c1)C(=O)CCCN1C(=O)c2ccccc2S1(=O)=O. The molecule has 0 radical (unpaired) electrons. The second-order valence-electron chi connectivity index (χ2n) is 11.3. The van der Waals surface area contributed by atoms with Gasteiger partial charge >= 0.3 is 0 Å². The van der Waals surface area contributed by atoms with E-state index in [1.807, 2.05) is 30.3 Å². The summed E-state index contributed by atoms with van der Waals surface area (Å²) < 4.78 is 26.9. The van der Waals surface area contributed by atoms with Crippen molar-refractivity contribution < 1.29 is 22.8 Å². The van der Waals surface area contributed by atoms with Gasteiger partial charge in [-0.15, -0.1) is 0 Å². The van der Waals surface area contributed by atoms with Crippen molar-refractivity contribution in [3.63, 3.8) is 0 Å². The number of hydrogen-bond acceptors (Lipinski definition) is 5. The molecule has 0 unspecified atom stereocenters. The molecule has 1 N–H and O–H groups in total. The lowest BCUT2D eigenvalue weighted by Crippen LogP contribution is -2.52. The molecule has 1 heterocycles.